The number of carbonyl (C=O) groups excluding carboxylic acids is 1. The molecule has 0 saturated carbocycles. The predicted molar refractivity (Wildman–Crippen MR) is 87.5 cm³/mol. The molecule has 0 spiro atoms. The quantitative estimate of drug-likeness (QED) is 0.683. The molecule has 4 nitrogen and oxygen atoms in total. The zero-order valence-electron chi connectivity index (χ0n) is 12.6. The van der Waals surface area contributed by atoms with Crippen LogP contribution in [0, 0.1) is 5.82 Å². The Balaban J connectivity index is 1.81. The molecule has 0 saturated heterocycles. The van der Waals surface area contributed by atoms with Crippen molar-refractivity contribution in [1.82, 2.24) is 4.98 Å². The second kappa shape index (κ2) is 6.44. The van der Waals surface area contributed by atoms with Gasteiger partial charge in [-0.05, 0) is 37.3 Å². The molecule has 2 aromatic carbocycles. The number of aromatic nitrogens is 1. The second-order valence-electron chi connectivity index (χ2n) is 4.92. The number of benzene rings is 2. The van der Waals surface area contributed by atoms with Gasteiger partial charge in [0.05, 0.1) is 0 Å². The SMILES string of the molecule is CCN(C(=O)/C=C/c1nc2ccccc2o1)c1cccc(F)c1. The lowest BCUT2D eigenvalue weighted by atomic mass is 10.2. The molecule has 1 aromatic heterocycles. The van der Waals surface area contributed by atoms with Crippen LogP contribution < -0.4 is 4.90 Å². The Kier molecular flexibility index (Phi) is 4.19. The normalized spacial score (nSPS) is 11.2. The molecule has 0 atom stereocenters. The fraction of sp³-hybridized carbons (Fsp3) is 0.111. The van der Waals surface area contributed by atoms with E-state index in [9.17, 15) is 9.18 Å². The van der Waals surface area contributed by atoms with Gasteiger partial charge in [-0.3, -0.25) is 4.79 Å². The molecule has 0 bridgehead atoms. The van der Waals surface area contributed by atoms with Gasteiger partial charge in [0.15, 0.2) is 5.58 Å². The summed E-state index contributed by atoms with van der Waals surface area (Å²) in [5.74, 6) is -0.285. The van der Waals surface area contributed by atoms with E-state index in [1.54, 1.807) is 12.1 Å². The van der Waals surface area contributed by atoms with Crippen LogP contribution in [0.4, 0.5) is 10.1 Å². The van der Waals surface area contributed by atoms with E-state index >= 15 is 0 Å². The number of amides is 1. The zero-order valence-corrected chi connectivity index (χ0v) is 12.6. The monoisotopic (exact) mass is 310 g/mol. The van der Waals surface area contributed by atoms with Crippen molar-refractivity contribution in [3.63, 3.8) is 0 Å². The third-order valence-electron chi connectivity index (χ3n) is 3.38. The van der Waals surface area contributed by atoms with Crippen LogP contribution in [0.15, 0.2) is 59.0 Å². The van der Waals surface area contributed by atoms with E-state index in [0.29, 0.717) is 23.7 Å². The lowest BCUT2D eigenvalue weighted by molar-refractivity contribution is -0.114. The number of hydrogen-bond acceptors (Lipinski definition) is 3. The Morgan fingerprint density at radius 1 is 1.26 bits per heavy atom. The molecular weight excluding hydrogens is 295 g/mol. The van der Waals surface area contributed by atoms with Crippen LogP contribution in [0.5, 0.6) is 0 Å². The highest BCUT2D eigenvalue weighted by Crippen LogP contribution is 2.18. The van der Waals surface area contributed by atoms with Crippen molar-refractivity contribution in [2.24, 2.45) is 0 Å². The van der Waals surface area contributed by atoms with Crippen molar-refractivity contribution in [2.45, 2.75) is 6.92 Å². The average Bonchev–Trinajstić information content (AvgIpc) is 2.96. The molecular formula is C18H15FN2O2. The van der Waals surface area contributed by atoms with Crippen LogP contribution in [0.2, 0.25) is 0 Å². The number of halogens is 1. The molecule has 0 fully saturated rings. The minimum absolute atomic E-state index is 0.264. The number of likely N-dealkylation sites (N-methyl/N-ethyl adjacent to an activating group) is 1. The Hall–Kier alpha value is -2.95. The molecule has 1 amide bonds. The molecule has 0 radical (unpaired) electrons. The number of anilines is 1. The highest BCUT2D eigenvalue weighted by atomic mass is 19.1. The topological polar surface area (TPSA) is 46.3 Å². The summed E-state index contributed by atoms with van der Waals surface area (Å²) in [6.07, 6.45) is 2.89. The second-order valence-corrected chi connectivity index (χ2v) is 4.92. The number of carbonyl (C=O) groups is 1. The smallest absolute Gasteiger partial charge is 0.251 e. The number of oxazole rings is 1. The predicted octanol–water partition coefficient (Wildman–Crippen LogP) is 4.03. The van der Waals surface area contributed by atoms with E-state index in [2.05, 4.69) is 4.98 Å². The molecule has 3 aromatic rings. The first kappa shape index (κ1) is 15.0. The van der Waals surface area contributed by atoms with Crippen molar-refractivity contribution in [2.75, 3.05) is 11.4 Å². The third kappa shape index (κ3) is 3.29. The van der Waals surface area contributed by atoms with Gasteiger partial charge in [-0.2, -0.15) is 0 Å². The summed E-state index contributed by atoms with van der Waals surface area (Å²) in [4.78, 5) is 18.1. The Morgan fingerprint density at radius 3 is 2.83 bits per heavy atom. The fourth-order valence-electron chi connectivity index (χ4n) is 2.30. The number of nitrogens with zero attached hydrogens (tertiary/aromatic N) is 2. The molecule has 0 aliphatic rings. The molecule has 0 aliphatic heterocycles. The molecule has 23 heavy (non-hydrogen) atoms. The van der Waals surface area contributed by atoms with Gasteiger partial charge < -0.3 is 9.32 Å². The largest absolute Gasteiger partial charge is 0.437 e. The number of rotatable bonds is 4. The fourth-order valence-corrected chi connectivity index (χ4v) is 2.30. The van der Waals surface area contributed by atoms with Gasteiger partial charge >= 0.3 is 0 Å². The zero-order chi connectivity index (χ0) is 16.2. The molecule has 1 heterocycles. The Bertz CT molecular complexity index is 837. The maximum absolute atomic E-state index is 13.3. The lowest BCUT2D eigenvalue weighted by Gasteiger charge is -2.19. The van der Waals surface area contributed by atoms with Crippen LogP contribution in [0.1, 0.15) is 12.8 Å². The van der Waals surface area contributed by atoms with Crippen LogP contribution in [0.25, 0.3) is 17.2 Å². The third-order valence-corrected chi connectivity index (χ3v) is 3.38. The van der Waals surface area contributed by atoms with Gasteiger partial charge in [-0.1, -0.05) is 18.2 Å². The van der Waals surface area contributed by atoms with Crippen LogP contribution in [-0.2, 0) is 4.79 Å². The van der Waals surface area contributed by atoms with Crippen molar-refractivity contribution >= 4 is 28.8 Å². The molecule has 0 unspecified atom stereocenters. The van der Waals surface area contributed by atoms with Crippen molar-refractivity contribution in [1.29, 1.82) is 0 Å². The van der Waals surface area contributed by atoms with E-state index < -0.39 is 0 Å². The summed E-state index contributed by atoms with van der Waals surface area (Å²) >= 11 is 0. The van der Waals surface area contributed by atoms with E-state index in [1.165, 1.54) is 29.2 Å². The van der Waals surface area contributed by atoms with Crippen LogP contribution in [0.3, 0.4) is 0 Å². The molecule has 0 N–H and O–H groups in total. The first-order valence-electron chi connectivity index (χ1n) is 7.28. The van der Waals surface area contributed by atoms with Gasteiger partial charge in [0.1, 0.15) is 11.3 Å². The Morgan fingerprint density at radius 2 is 2.09 bits per heavy atom. The van der Waals surface area contributed by atoms with E-state index in [0.717, 1.165) is 5.52 Å². The van der Waals surface area contributed by atoms with Gasteiger partial charge in [0.2, 0.25) is 5.89 Å². The maximum atomic E-state index is 13.3. The summed E-state index contributed by atoms with van der Waals surface area (Å²) in [6.45, 7) is 2.26. The van der Waals surface area contributed by atoms with Gasteiger partial charge in [-0.25, -0.2) is 9.37 Å². The molecule has 3 rings (SSSR count). The highest BCUT2D eigenvalue weighted by Gasteiger charge is 2.12. The Labute approximate surface area is 132 Å². The van der Waals surface area contributed by atoms with Crippen molar-refractivity contribution < 1.29 is 13.6 Å². The first-order valence-corrected chi connectivity index (χ1v) is 7.28. The van der Waals surface area contributed by atoms with Crippen molar-refractivity contribution in [3.05, 3.63) is 66.3 Å². The minimum atomic E-state index is -0.378. The molecule has 116 valence electrons. The number of para-hydroxylation sites is 2. The van der Waals surface area contributed by atoms with Gasteiger partial charge in [0, 0.05) is 24.4 Å². The summed E-state index contributed by atoms with van der Waals surface area (Å²) < 4.78 is 18.8. The summed E-state index contributed by atoms with van der Waals surface area (Å²) in [5, 5.41) is 0. The molecule has 5 heteroatoms. The molecule has 0 aliphatic carbocycles. The van der Waals surface area contributed by atoms with E-state index in [-0.39, 0.29) is 11.7 Å². The minimum Gasteiger partial charge on any atom is -0.437 e. The maximum Gasteiger partial charge on any atom is 0.251 e. The highest BCUT2D eigenvalue weighted by molar-refractivity contribution is 6.03. The standard InChI is InChI=1S/C18H15FN2O2/c1-2-21(14-7-5-6-13(19)12-14)18(22)11-10-17-20-15-8-3-4-9-16(15)23-17/h3-12H,2H2,1H3/b11-10+. The summed E-state index contributed by atoms with van der Waals surface area (Å²) in [5.41, 5.74) is 1.91. The number of fused-ring (bicyclic) bond motifs is 1. The van der Waals surface area contributed by atoms with Crippen LogP contribution in [-0.4, -0.2) is 17.4 Å². The first-order chi connectivity index (χ1) is 11.2. The number of hydrogen-bond donors (Lipinski definition) is 0. The van der Waals surface area contributed by atoms with E-state index in [1.807, 2.05) is 31.2 Å². The lowest BCUT2D eigenvalue weighted by Crippen LogP contribution is -2.28. The van der Waals surface area contributed by atoms with Crippen molar-refractivity contribution in [3.8, 4) is 0 Å². The average molecular weight is 310 g/mol. The summed E-state index contributed by atoms with van der Waals surface area (Å²) in [7, 11) is 0. The van der Waals surface area contributed by atoms with Gasteiger partial charge in [-0.15, -0.1) is 0 Å². The summed E-state index contributed by atoms with van der Waals surface area (Å²) in [6, 6.07) is 13.3. The van der Waals surface area contributed by atoms with E-state index in [4.69, 9.17) is 4.42 Å². The van der Waals surface area contributed by atoms with Crippen LogP contribution >= 0.6 is 0 Å². The van der Waals surface area contributed by atoms with Gasteiger partial charge in [0.25, 0.3) is 5.91 Å².